The van der Waals surface area contributed by atoms with Gasteiger partial charge in [-0.15, -0.1) is 0 Å². The standard InChI is InChI=1S/C20H23FN4O5/c1-9-5-12(6-22-18(9)21)23-19(28)15-10(2)16(25(4)11(15)3)17(27)20(29)24-13-7-30-8-14(13)26/h5-6,13-14,26H,7-8H2,1-4H3,(H,23,28)(H,24,29)/t13-,14?/m0/s1. The van der Waals surface area contributed by atoms with Crippen LogP contribution in [0.15, 0.2) is 12.3 Å². The summed E-state index contributed by atoms with van der Waals surface area (Å²) in [7, 11) is 1.58. The minimum Gasteiger partial charge on any atom is -0.388 e. The van der Waals surface area contributed by atoms with Crippen molar-refractivity contribution in [2.75, 3.05) is 18.5 Å². The van der Waals surface area contributed by atoms with Gasteiger partial charge < -0.3 is 25.0 Å². The van der Waals surface area contributed by atoms with Crippen molar-refractivity contribution >= 4 is 23.3 Å². The van der Waals surface area contributed by atoms with Gasteiger partial charge in [0, 0.05) is 18.3 Å². The topological polar surface area (TPSA) is 123 Å². The van der Waals surface area contributed by atoms with E-state index < -0.39 is 35.7 Å². The Kier molecular flexibility index (Phi) is 5.99. The van der Waals surface area contributed by atoms with E-state index in [1.54, 1.807) is 20.9 Å². The van der Waals surface area contributed by atoms with E-state index in [0.717, 1.165) is 0 Å². The highest BCUT2D eigenvalue weighted by atomic mass is 19.1. The lowest BCUT2D eigenvalue weighted by Gasteiger charge is -2.14. The lowest BCUT2D eigenvalue weighted by molar-refractivity contribution is -0.118. The lowest BCUT2D eigenvalue weighted by atomic mass is 10.1. The summed E-state index contributed by atoms with van der Waals surface area (Å²) in [5.74, 6) is -2.85. The zero-order chi connectivity index (χ0) is 22.2. The molecule has 30 heavy (non-hydrogen) atoms. The number of aromatic nitrogens is 2. The Morgan fingerprint density at radius 2 is 1.97 bits per heavy atom. The number of pyridine rings is 1. The fourth-order valence-electron chi connectivity index (χ4n) is 3.48. The van der Waals surface area contributed by atoms with Crippen LogP contribution >= 0.6 is 0 Å². The van der Waals surface area contributed by atoms with Crippen molar-refractivity contribution in [1.82, 2.24) is 14.9 Å². The normalized spacial score (nSPS) is 18.3. The number of Topliss-reactive ketones (excluding diaryl/α,β-unsaturated/α-hetero) is 1. The van der Waals surface area contributed by atoms with Crippen LogP contribution in [0.25, 0.3) is 0 Å². The monoisotopic (exact) mass is 418 g/mol. The average Bonchev–Trinajstić information content (AvgIpc) is 3.18. The third-order valence-corrected chi connectivity index (χ3v) is 5.22. The number of nitrogens with zero attached hydrogens (tertiary/aromatic N) is 2. The van der Waals surface area contributed by atoms with Crippen molar-refractivity contribution in [3.8, 4) is 0 Å². The van der Waals surface area contributed by atoms with Crippen molar-refractivity contribution in [2.45, 2.75) is 32.9 Å². The molecular formula is C20H23FN4O5. The zero-order valence-corrected chi connectivity index (χ0v) is 17.1. The third kappa shape index (κ3) is 3.96. The number of carbonyl (C=O) groups is 3. The van der Waals surface area contributed by atoms with Gasteiger partial charge in [-0.3, -0.25) is 14.4 Å². The van der Waals surface area contributed by atoms with Gasteiger partial charge in [0.1, 0.15) is 0 Å². The van der Waals surface area contributed by atoms with Crippen LogP contribution in [0.4, 0.5) is 10.1 Å². The number of rotatable bonds is 5. The first-order valence-electron chi connectivity index (χ1n) is 9.32. The predicted molar refractivity (Wildman–Crippen MR) is 105 cm³/mol. The van der Waals surface area contributed by atoms with Gasteiger partial charge in [-0.05, 0) is 32.4 Å². The number of halogens is 1. The summed E-state index contributed by atoms with van der Waals surface area (Å²) in [5.41, 5.74) is 1.71. The van der Waals surface area contributed by atoms with Gasteiger partial charge in [-0.25, -0.2) is 4.98 Å². The van der Waals surface area contributed by atoms with Crippen LogP contribution in [0, 0.1) is 26.7 Å². The van der Waals surface area contributed by atoms with Crippen molar-refractivity contribution < 1.29 is 28.6 Å². The molecule has 1 saturated heterocycles. The molecular weight excluding hydrogens is 395 g/mol. The number of anilines is 1. The minimum absolute atomic E-state index is 0.0666. The Morgan fingerprint density at radius 3 is 2.57 bits per heavy atom. The SMILES string of the molecule is Cc1cc(NC(=O)c2c(C)c(C(=O)C(=O)N[C@H]3COCC3O)n(C)c2C)cnc1F. The van der Waals surface area contributed by atoms with Crippen molar-refractivity contribution in [3.63, 3.8) is 0 Å². The average molecular weight is 418 g/mol. The summed E-state index contributed by atoms with van der Waals surface area (Å²) < 4.78 is 19.9. The number of ketones is 1. The van der Waals surface area contributed by atoms with Crippen molar-refractivity contribution in [1.29, 1.82) is 0 Å². The van der Waals surface area contributed by atoms with E-state index in [2.05, 4.69) is 15.6 Å². The number of aliphatic hydroxyl groups is 1. The van der Waals surface area contributed by atoms with Crippen molar-refractivity contribution in [3.05, 3.63) is 46.3 Å². The molecule has 9 nitrogen and oxygen atoms in total. The predicted octanol–water partition coefficient (Wildman–Crippen LogP) is 0.795. The Hall–Kier alpha value is -3.11. The van der Waals surface area contributed by atoms with Crippen LogP contribution < -0.4 is 10.6 Å². The van der Waals surface area contributed by atoms with Crippen LogP contribution in [-0.4, -0.2) is 57.6 Å². The fraction of sp³-hybridized carbons (Fsp3) is 0.400. The van der Waals surface area contributed by atoms with Gasteiger partial charge in [0.15, 0.2) is 0 Å². The van der Waals surface area contributed by atoms with Gasteiger partial charge in [0.2, 0.25) is 5.95 Å². The maximum absolute atomic E-state index is 13.4. The number of aryl methyl sites for hydroxylation is 1. The third-order valence-electron chi connectivity index (χ3n) is 5.22. The molecule has 0 aromatic carbocycles. The molecule has 0 bridgehead atoms. The van der Waals surface area contributed by atoms with Crippen LogP contribution in [0.5, 0.6) is 0 Å². The molecule has 0 saturated carbocycles. The molecule has 1 fully saturated rings. The summed E-state index contributed by atoms with van der Waals surface area (Å²) >= 11 is 0. The highest BCUT2D eigenvalue weighted by Crippen LogP contribution is 2.23. The molecule has 1 unspecified atom stereocenters. The fourth-order valence-corrected chi connectivity index (χ4v) is 3.48. The quantitative estimate of drug-likeness (QED) is 0.375. The maximum Gasteiger partial charge on any atom is 0.294 e. The van der Waals surface area contributed by atoms with E-state index in [-0.39, 0.29) is 30.0 Å². The summed E-state index contributed by atoms with van der Waals surface area (Å²) in [6, 6.07) is 0.780. The number of carbonyl (C=O) groups excluding carboxylic acids is 3. The molecule has 2 aromatic rings. The molecule has 10 heteroatoms. The maximum atomic E-state index is 13.4. The van der Waals surface area contributed by atoms with Gasteiger partial charge >= 0.3 is 0 Å². The van der Waals surface area contributed by atoms with Gasteiger partial charge in [-0.1, -0.05) is 0 Å². The Bertz CT molecular complexity index is 1030. The first-order valence-corrected chi connectivity index (χ1v) is 9.32. The highest BCUT2D eigenvalue weighted by Gasteiger charge is 2.33. The summed E-state index contributed by atoms with van der Waals surface area (Å²) in [5, 5.41) is 14.9. The molecule has 0 aliphatic carbocycles. The van der Waals surface area contributed by atoms with Gasteiger partial charge in [0.25, 0.3) is 17.6 Å². The first kappa shape index (κ1) is 21.6. The minimum atomic E-state index is -0.890. The largest absolute Gasteiger partial charge is 0.388 e. The van der Waals surface area contributed by atoms with Crippen LogP contribution in [0.2, 0.25) is 0 Å². The number of nitrogens with one attached hydrogen (secondary N) is 2. The molecule has 3 heterocycles. The number of amides is 2. The molecule has 1 aliphatic rings. The Balaban J connectivity index is 1.85. The molecule has 0 radical (unpaired) electrons. The van der Waals surface area contributed by atoms with Crippen LogP contribution in [-0.2, 0) is 16.6 Å². The molecule has 2 aromatic heterocycles. The smallest absolute Gasteiger partial charge is 0.294 e. The molecule has 3 rings (SSSR count). The zero-order valence-electron chi connectivity index (χ0n) is 17.1. The van der Waals surface area contributed by atoms with Gasteiger partial charge in [-0.2, -0.15) is 4.39 Å². The second-order valence-corrected chi connectivity index (χ2v) is 7.29. The molecule has 2 amide bonds. The number of aliphatic hydroxyl groups excluding tert-OH is 1. The Labute approximate surface area is 172 Å². The summed E-state index contributed by atoms with van der Waals surface area (Å²) in [6.45, 7) is 4.95. The highest BCUT2D eigenvalue weighted by molar-refractivity contribution is 6.43. The van der Waals surface area contributed by atoms with Crippen LogP contribution in [0.3, 0.4) is 0 Å². The van der Waals surface area contributed by atoms with Crippen molar-refractivity contribution in [2.24, 2.45) is 7.05 Å². The van der Waals surface area contributed by atoms with E-state index in [1.807, 2.05) is 0 Å². The molecule has 3 N–H and O–H groups in total. The second-order valence-electron chi connectivity index (χ2n) is 7.29. The first-order chi connectivity index (χ1) is 14.1. The number of hydrogen-bond donors (Lipinski definition) is 3. The lowest BCUT2D eigenvalue weighted by Crippen LogP contribution is -2.45. The van der Waals surface area contributed by atoms with Gasteiger partial charge in [0.05, 0.1) is 48.5 Å². The Morgan fingerprint density at radius 1 is 1.27 bits per heavy atom. The van der Waals surface area contributed by atoms with E-state index in [4.69, 9.17) is 4.74 Å². The number of hydrogen-bond acceptors (Lipinski definition) is 6. The molecule has 0 spiro atoms. The second kappa shape index (κ2) is 8.33. The summed E-state index contributed by atoms with van der Waals surface area (Å²) in [4.78, 5) is 41.6. The molecule has 1 aliphatic heterocycles. The van der Waals surface area contributed by atoms with E-state index in [9.17, 15) is 23.9 Å². The molecule has 2 atom stereocenters. The van der Waals surface area contributed by atoms with E-state index >= 15 is 0 Å². The summed E-state index contributed by atoms with van der Waals surface area (Å²) in [6.07, 6.45) is 0.314. The van der Waals surface area contributed by atoms with E-state index in [1.165, 1.54) is 23.8 Å². The van der Waals surface area contributed by atoms with Crippen LogP contribution in [0.1, 0.15) is 37.7 Å². The van der Waals surface area contributed by atoms with E-state index in [0.29, 0.717) is 16.9 Å². The molecule has 160 valence electrons. The number of ether oxygens (including phenoxy) is 1.